The maximum Gasteiger partial charge on any atom is 0.315 e. The summed E-state index contributed by atoms with van der Waals surface area (Å²) in [7, 11) is 0. The van der Waals surface area contributed by atoms with Gasteiger partial charge in [0.25, 0.3) is 0 Å². The molecule has 1 aliphatic rings. The number of carbonyl (C=O) groups is 2. The second kappa shape index (κ2) is 6.79. The third-order valence-electron chi connectivity index (χ3n) is 3.02. The number of carboxylic acid groups (broad SMARTS) is 1. The van der Waals surface area contributed by atoms with Crippen LogP contribution in [0.15, 0.2) is 0 Å². The van der Waals surface area contributed by atoms with Crippen LogP contribution in [0.25, 0.3) is 0 Å². The number of hydrogen-bond acceptors (Lipinski definition) is 2. The zero-order valence-corrected chi connectivity index (χ0v) is 9.95. The molecule has 5 nitrogen and oxygen atoms in total. The van der Waals surface area contributed by atoms with Gasteiger partial charge in [0.05, 0.1) is 12.5 Å². The minimum atomic E-state index is -0.758. The normalized spacial score (nSPS) is 22.4. The number of nitrogens with one attached hydrogen (secondary N) is 2. The molecule has 94 valence electrons. The summed E-state index contributed by atoms with van der Waals surface area (Å²) in [6.45, 7) is 2.44. The van der Waals surface area contributed by atoms with E-state index in [1.165, 1.54) is 0 Å². The van der Waals surface area contributed by atoms with Gasteiger partial charge in [0, 0.05) is 6.54 Å². The maximum atomic E-state index is 11.3. The fourth-order valence-electron chi connectivity index (χ4n) is 2.11. The molecule has 0 bridgehead atoms. The molecule has 0 aromatic heterocycles. The Balaban J connectivity index is 2.26. The average Bonchev–Trinajstić information content (AvgIpc) is 2.75. The van der Waals surface area contributed by atoms with Gasteiger partial charge in [0.2, 0.25) is 0 Å². The van der Waals surface area contributed by atoms with E-state index in [0.717, 1.165) is 12.8 Å². The summed E-state index contributed by atoms with van der Waals surface area (Å²) in [6, 6.07) is -0.288. The Morgan fingerprint density at radius 2 is 2.12 bits per heavy atom. The number of aliphatic carboxylic acids is 1. The molecule has 1 rings (SSSR count). The van der Waals surface area contributed by atoms with Gasteiger partial charge in [-0.15, -0.1) is 5.92 Å². The summed E-state index contributed by atoms with van der Waals surface area (Å²) in [5.41, 5.74) is 0. The van der Waals surface area contributed by atoms with Crippen molar-refractivity contribution in [1.82, 2.24) is 10.6 Å². The van der Waals surface area contributed by atoms with Crippen molar-refractivity contribution in [3.05, 3.63) is 0 Å². The van der Waals surface area contributed by atoms with Crippen molar-refractivity contribution in [3.8, 4) is 11.8 Å². The minimum absolute atomic E-state index is 0.0514. The smallest absolute Gasteiger partial charge is 0.315 e. The fourth-order valence-corrected chi connectivity index (χ4v) is 2.11. The standard InChI is InChI=1S/C12H18N2O3/c1-2-3-7-13-12(17)14-8-9-5-4-6-10(9)11(15)16/h9-10H,4-8H2,1H3,(H,15,16)(H2,13,14,17). The molecule has 0 saturated heterocycles. The Hall–Kier alpha value is -1.70. The lowest BCUT2D eigenvalue weighted by molar-refractivity contribution is -0.142. The monoisotopic (exact) mass is 238 g/mol. The summed E-state index contributed by atoms with van der Waals surface area (Å²) in [5.74, 6) is 4.37. The Kier molecular flexibility index (Phi) is 5.34. The molecule has 1 aliphatic carbocycles. The van der Waals surface area contributed by atoms with Crippen molar-refractivity contribution in [2.45, 2.75) is 26.2 Å². The predicted octanol–water partition coefficient (Wildman–Crippen LogP) is 0.810. The van der Waals surface area contributed by atoms with Gasteiger partial charge in [0.15, 0.2) is 0 Å². The van der Waals surface area contributed by atoms with Crippen molar-refractivity contribution in [2.75, 3.05) is 13.1 Å². The van der Waals surface area contributed by atoms with Crippen LogP contribution in [0.3, 0.4) is 0 Å². The van der Waals surface area contributed by atoms with Gasteiger partial charge in [-0.1, -0.05) is 12.3 Å². The molecule has 17 heavy (non-hydrogen) atoms. The van der Waals surface area contributed by atoms with Gasteiger partial charge in [-0.3, -0.25) is 4.79 Å². The van der Waals surface area contributed by atoms with Crippen molar-refractivity contribution >= 4 is 12.0 Å². The quantitative estimate of drug-likeness (QED) is 0.634. The van der Waals surface area contributed by atoms with Crippen LogP contribution >= 0.6 is 0 Å². The van der Waals surface area contributed by atoms with E-state index in [0.29, 0.717) is 19.5 Å². The predicted molar refractivity (Wildman–Crippen MR) is 63.3 cm³/mol. The first-order chi connectivity index (χ1) is 8.15. The molecule has 1 fully saturated rings. The molecule has 3 N–H and O–H groups in total. The Bertz CT molecular complexity index is 343. The van der Waals surface area contributed by atoms with E-state index in [-0.39, 0.29) is 17.9 Å². The second-order valence-electron chi connectivity index (χ2n) is 4.13. The van der Waals surface area contributed by atoms with Gasteiger partial charge in [0.1, 0.15) is 0 Å². The van der Waals surface area contributed by atoms with Crippen molar-refractivity contribution in [2.24, 2.45) is 11.8 Å². The third-order valence-corrected chi connectivity index (χ3v) is 3.02. The van der Waals surface area contributed by atoms with Crippen LogP contribution in [0.5, 0.6) is 0 Å². The number of urea groups is 1. The lowest BCUT2D eigenvalue weighted by Gasteiger charge is -2.16. The number of carboxylic acids is 1. The van der Waals surface area contributed by atoms with E-state index in [9.17, 15) is 9.59 Å². The van der Waals surface area contributed by atoms with Crippen molar-refractivity contribution in [3.63, 3.8) is 0 Å². The Labute approximate surface area is 101 Å². The van der Waals surface area contributed by atoms with Crippen LogP contribution < -0.4 is 10.6 Å². The molecule has 0 spiro atoms. The number of rotatable bonds is 4. The summed E-state index contributed by atoms with van der Waals surface area (Å²) >= 11 is 0. The number of carbonyl (C=O) groups excluding carboxylic acids is 1. The Morgan fingerprint density at radius 1 is 1.35 bits per heavy atom. The van der Waals surface area contributed by atoms with E-state index in [2.05, 4.69) is 22.5 Å². The molecule has 5 heteroatoms. The summed E-state index contributed by atoms with van der Waals surface area (Å²) < 4.78 is 0. The first-order valence-electron chi connectivity index (χ1n) is 5.79. The van der Waals surface area contributed by atoms with Crippen LogP contribution in [0.2, 0.25) is 0 Å². The van der Waals surface area contributed by atoms with E-state index in [4.69, 9.17) is 5.11 Å². The van der Waals surface area contributed by atoms with Gasteiger partial charge in [-0.25, -0.2) is 4.79 Å². The molecule has 2 amide bonds. The molecule has 0 aromatic rings. The van der Waals surface area contributed by atoms with Gasteiger partial charge >= 0.3 is 12.0 Å². The third kappa shape index (κ3) is 4.35. The molecule has 0 aliphatic heterocycles. The highest BCUT2D eigenvalue weighted by atomic mass is 16.4. The molecular formula is C12H18N2O3. The largest absolute Gasteiger partial charge is 0.481 e. The molecule has 0 heterocycles. The number of amides is 2. The van der Waals surface area contributed by atoms with E-state index in [1.807, 2.05) is 0 Å². The zero-order chi connectivity index (χ0) is 12.7. The van der Waals surface area contributed by atoms with Crippen LogP contribution in [0.1, 0.15) is 26.2 Å². The summed E-state index contributed by atoms with van der Waals surface area (Å²) in [5, 5.41) is 14.2. The maximum absolute atomic E-state index is 11.3. The van der Waals surface area contributed by atoms with E-state index < -0.39 is 5.97 Å². The summed E-state index contributed by atoms with van der Waals surface area (Å²) in [4.78, 5) is 22.2. The molecule has 2 atom stereocenters. The molecule has 0 aromatic carbocycles. The topological polar surface area (TPSA) is 78.4 Å². The molecule has 1 saturated carbocycles. The van der Waals surface area contributed by atoms with Crippen molar-refractivity contribution in [1.29, 1.82) is 0 Å². The van der Waals surface area contributed by atoms with Crippen molar-refractivity contribution < 1.29 is 14.7 Å². The lowest BCUT2D eigenvalue weighted by Crippen LogP contribution is -2.39. The highest BCUT2D eigenvalue weighted by Crippen LogP contribution is 2.31. The lowest BCUT2D eigenvalue weighted by atomic mass is 9.96. The average molecular weight is 238 g/mol. The Morgan fingerprint density at radius 3 is 2.76 bits per heavy atom. The van der Waals surface area contributed by atoms with Gasteiger partial charge in [-0.2, -0.15) is 0 Å². The van der Waals surface area contributed by atoms with Crippen LogP contribution in [-0.2, 0) is 4.79 Å². The zero-order valence-electron chi connectivity index (χ0n) is 9.95. The van der Waals surface area contributed by atoms with Gasteiger partial charge < -0.3 is 15.7 Å². The fraction of sp³-hybridized carbons (Fsp3) is 0.667. The highest BCUT2D eigenvalue weighted by Gasteiger charge is 2.32. The number of hydrogen-bond donors (Lipinski definition) is 3. The second-order valence-corrected chi connectivity index (χ2v) is 4.13. The molecular weight excluding hydrogens is 220 g/mol. The van der Waals surface area contributed by atoms with Crippen LogP contribution in [-0.4, -0.2) is 30.2 Å². The highest BCUT2D eigenvalue weighted by molar-refractivity contribution is 5.74. The summed E-state index contributed by atoms with van der Waals surface area (Å²) in [6.07, 6.45) is 2.50. The van der Waals surface area contributed by atoms with Crippen LogP contribution in [0.4, 0.5) is 4.79 Å². The van der Waals surface area contributed by atoms with E-state index >= 15 is 0 Å². The first kappa shape index (κ1) is 13.4. The van der Waals surface area contributed by atoms with Crippen LogP contribution in [0, 0.1) is 23.7 Å². The SMILES string of the molecule is CC#CCNC(=O)NCC1CCCC1C(=O)O. The minimum Gasteiger partial charge on any atom is -0.481 e. The van der Waals surface area contributed by atoms with E-state index in [1.54, 1.807) is 6.92 Å². The molecule has 2 unspecified atom stereocenters. The first-order valence-corrected chi connectivity index (χ1v) is 5.79. The van der Waals surface area contributed by atoms with Gasteiger partial charge in [-0.05, 0) is 25.7 Å². The molecule has 0 radical (unpaired) electrons.